The van der Waals surface area contributed by atoms with E-state index in [9.17, 15) is 13.2 Å². The lowest BCUT2D eigenvalue weighted by molar-refractivity contribution is -0.124. The Hall–Kier alpha value is -2.41. The number of amides is 1. The minimum atomic E-state index is -3.72. The largest absolute Gasteiger partial charge is 0.326 e. The van der Waals surface area contributed by atoms with Crippen LogP contribution in [-0.4, -0.2) is 19.3 Å². The van der Waals surface area contributed by atoms with E-state index in [0.29, 0.717) is 12.1 Å². The highest BCUT2D eigenvalue weighted by molar-refractivity contribution is 7.92. The van der Waals surface area contributed by atoms with Gasteiger partial charge >= 0.3 is 0 Å². The van der Waals surface area contributed by atoms with E-state index >= 15 is 0 Å². The molecule has 0 radical (unpaired) electrons. The molecular formula is C17H21N3O3S. The Morgan fingerprint density at radius 2 is 1.79 bits per heavy atom. The highest BCUT2D eigenvalue weighted by Gasteiger charge is 2.25. The first-order valence-corrected chi connectivity index (χ1v) is 9.08. The molecular weight excluding hydrogens is 326 g/mol. The number of pyridine rings is 1. The molecule has 0 saturated heterocycles. The normalized spacial score (nSPS) is 11.8. The van der Waals surface area contributed by atoms with Crippen LogP contribution in [0, 0.1) is 5.41 Å². The summed E-state index contributed by atoms with van der Waals surface area (Å²) in [5, 5.41) is 2.79. The first kappa shape index (κ1) is 17.9. The fourth-order valence-electron chi connectivity index (χ4n) is 1.80. The summed E-state index contributed by atoms with van der Waals surface area (Å²) >= 11 is 0. The SMILES string of the molecule is CCC(C)(C)C(=O)Nc1ccc(S(=O)(=O)Nc2ccccn2)cc1. The van der Waals surface area contributed by atoms with Crippen molar-refractivity contribution in [3.05, 3.63) is 48.7 Å². The third-order valence-corrected chi connectivity index (χ3v) is 5.20. The number of aromatic nitrogens is 1. The number of carbonyl (C=O) groups is 1. The Labute approximate surface area is 142 Å². The van der Waals surface area contributed by atoms with Crippen molar-refractivity contribution in [3.8, 4) is 0 Å². The van der Waals surface area contributed by atoms with E-state index in [2.05, 4.69) is 15.0 Å². The molecule has 1 amide bonds. The van der Waals surface area contributed by atoms with Gasteiger partial charge in [0.25, 0.3) is 10.0 Å². The second-order valence-electron chi connectivity index (χ2n) is 6.04. The van der Waals surface area contributed by atoms with Gasteiger partial charge in [0.05, 0.1) is 4.90 Å². The zero-order chi connectivity index (χ0) is 17.8. The molecule has 6 nitrogen and oxygen atoms in total. The van der Waals surface area contributed by atoms with Gasteiger partial charge < -0.3 is 5.32 Å². The molecule has 24 heavy (non-hydrogen) atoms. The van der Waals surface area contributed by atoms with Crippen LogP contribution in [0.5, 0.6) is 0 Å². The molecule has 0 bridgehead atoms. The average Bonchev–Trinajstić information content (AvgIpc) is 2.56. The number of hydrogen-bond acceptors (Lipinski definition) is 4. The fourth-order valence-corrected chi connectivity index (χ4v) is 2.81. The summed E-state index contributed by atoms with van der Waals surface area (Å²) in [6, 6.07) is 11.0. The molecule has 128 valence electrons. The molecule has 0 atom stereocenters. The summed E-state index contributed by atoms with van der Waals surface area (Å²) in [5.41, 5.74) is 0.0731. The molecule has 0 aliphatic rings. The van der Waals surface area contributed by atoms with Crippen LogP contribution in [-0.2, 0) is 14.8 Å². The maximum Gasteiger partial charge on any atom is 0.263 e. The summed E-state index contributed by atoms with van der Waals surface area (Å²) in [5.74, 6) is 0.145. The van der Waals surface area contributed by atoms with Crippen molar-refractivity contribution in [1.82, 2.24) is 4.98 Å². The summed E-state index contributed by atoms with van der Waals surface area (Å²) < 4.78 is 27.0. The number of anilines is 2. The third kappa shape index (κ3) is 4.32. The van der Waals surface area contributed by atoms with Gasteiger partial charge in [-0.2, -0.15) is 0 Å². The molecule has 2 aromatic rings. The van der Waals surface area contributed by atoms with Gasteiger partial charge in [0.1, 0.15) is 5.82 Å². The first-order chi connectivity index (χ1) is 11.2. The van der Waals surface area contributed by atoms with E-state index in [1.54, 1.807) is 30.3 Å². The number of rotatable bonds is 6. The van der Waals surface area contributed by atoms with Crippen LogP contribution in [0.4, 0.5) is 11.5 Å². The van der Waals surface area contributed by atoms with Gasteiger partial charge in [-0.25, -0.2) is 13.4 Å². The van der Waals surface area contributed by atoms with E-state index in [-0.39, 0.29) is 16.6 Å². The smallest absolute Gasteiger partial charge is 0.263 e. The monoisotopic (exact) mass is 347 g/mol. The molecule has 7 heteroatoms. The maximum atomic E-state index is 12.3. The Kier molecular flexibility index (Phi) is 5.23. The zero-order valence-corrected chi connectivity index (χ0v) is 14.7. The van der Waals surface area contributed by atoms with Crippen LogP contribution in [0.3, 0.4) is 0 Å². The first-order valence-electron chi connectivity index (χ1n) is 7.60. The number of benzene rings is 1. The van der Waals surface area contributed by atoms with Crippen LogP contribution in [0.25, 0.3) is 0 Å². The quantitative estimate of drug-likeness (QED) is 0.839. The molecule has 1 aromatic heterocycles. The lowest BCUT2D eigenvalue weighted by Gasteiger charge is -2.21. The molecule has 0 unspecified atom stereocenters. The minimum Gasteiger partial charge on any atom is -0.326 e. The number of nitrogens with zero attached hydrogens (tertiary/aromatic N) is 1. The van der Waals surface area contributed by atoms with E-state index in [1.165, 1.54) is 18.3 Å². The van der Waals surface area contributed by atoms with Crippen molar-refractivity contribution in [3.63, 3.8) is 0 Å². The topological polar surface area (TPSA) is 88.2 Å². The van der Waals surface area contributed by atoms with Crippen molar-refractivity contribution in [2.45, 2.75) is 32.1 Å². The van der Waals surface area contributed by atoms with Gasteiger partial charge in [0.15, 0.2) is 0 Å². The highest BCUT2D eigenvalue weighted by atomic mass is 32.2. The van der Waals surface area contributed by atoms with Gasteiger partial charge in [-0.15, -0.1) is 0 Å². The Morgan fingerprint density at radius 3 is 2.33 bits per heavy atom. The fraction of sp³-hybridized carbons (Fsp3) is 0.294. The number of nitrogens with one attached hydrogen (secondary N) is 2. The number of sulfonamides is 1. The molecule has 0 spiro atoms. The van der Waals surface area contributed by atoms with Crippen molar-refractivity contribution >= 4 is 27.4 Å². The van der Waals surface area contributed by atoms with Gasteiger partial charge in [-0.1, -0.05) is 26.8 Å². The Bertz CT molecular complexity index is 801. The zero-order valence-electron chi connectivity index (χ0n) is 13.9. The predicted molar refractivity (Wildman–Crippen MR) is 94.2 cm³/mol. The lowest BCUT2D eigenvalue weighted by atomic mass is 9.89. The minimum absolute atomic E-state index is 0.0981. The summed E-state index contributed by atoms with van der Waals surface area (Å²) in [6.45, 7) is 5.66. The van der Waals surface area contributed by atoms with Crippen molar-refractivity contribution < 1.29 is 13.2 Å². The lowest BCUT2D eigenvalue weighted by Crippen LogP contribution is -2.29. The summed E-state index contributed by atoms with van der Waals surface area (Å²) in [6.07, 6.45) is 2.21. The standard InChI is InChI=1S/C17H21N3O3S/c1-4-17(2,3)16(21)19-13-8-10-14(11-9-13)24(22,23)20-15-7-5-6-12-18-15/h5-12H,4H2,1-3H3,(H,18,20)(H,19,21). The molecule has 0 fully saturated rings. The van der Waals surface area contributed by atoms with E-state index < -0.39 is 15.4 Å². The number of carbonyl (C=O) groups excluding carboxylic acids is 1. The highest BCUT2D eigenvalue weighted by Crippen LogP contribution is 2.23. The van der Waals surface area contributed by atoms with Gasteiger partial charge in [0, 0.05) is 17.3 Å². The van der Waals surface area contributed by atoms with Crippen LogP contribution in [0.1, 0.15) is 27.2 Å². The molecule has 2 rings (SSSR count). The van der Waals surface area contributed by atoms with Crippen LogP contribution in [0.2, 0.25) is 0 Å². The molecule has 1 heterocycles. The molecule has 2 N–H and O–H groups in total. The molecule has 1 aromatic carbocycles. The second kappa shape index (κ2) is 7.00. The van der Waals surface area contributed by atoms with Crippen molar-refractivity contribution in [2.75, 3.05) is 10.0 Å². The maximum absolute atomic E-state index is 12.3. The Balaban J connectivity index is 2.13. The van der Waals surface area contributed by atoms with Crippen LogP contribution in [0.15, 0.2) is 53.6 Å². The van der Waals surface area contributed by atoms with Gasteiger partial charge in [-0.3, -0.25) is 9.52 Å². The molecule has 0 aliphatic heterocycles. The molecule has 0 aliphatic carbocycles. The Morgan fingerprint density at radius 1 is 1.12 bits per heavy atom. The predicted octanol–water partition coefficient (Wildman–Crippen LogP) is 3.26. The van der Waals surface area contributed by atoms with E-state index in [4.69, 9.17) is 0 Å². The van der Waals surface area contributed by atoms with Crippen LogP contribution < -0.4 is 10.0 Å². The van der Waals surface area contributed by atoms with Gasteiger partial charge in [0.2, 0.25) is 5.91 Å². The van der Waals surface area contributed by atoms with E-state index in [1.807, 2.05) is 20.8 Å². The van der Waals surface area contributed by atoms with Gasteiger partial charge in [-0.05, 0) is 42.8 Å². The van der Waals surface area contributed by atoms with Crippen molar-refractivity contribution in [1.29, 1.82) is 0 Å². The summed E-state index contributed by atoms with van der Waals surface area (Å²) in [4.78, 5) is 16.2. The average molecular weight is 347 g/mol. The van der Waals surface area contributed by atoms with Crippen molar-refractivity contribution in [2.24, 2.45) is 5.41 Å². The second-order valence-corrected chi connectivity index (χ2v) is 7.72. The van der Waals surface area contributed by atoms with E-state index in [0.717, 1.165) is 0 Å². The number of hydrogen-bond donors (Lipinski definition) is 2. The third-order valence-electron chi connectivity index (χ3n) is 3.82. The summed E-state index contributed by atoms with van der Waals surface area (Å²) in [7, 11) is -3.72. The molecule has 0 saturated carbocycles. The van der Waals surface area contributed by atoms with Crippen LogP contribution >= 0.6 is 0 Å².